The normalized spacial score (nSPS) is 16.1. The van der Waals surface area contributed by atoms with Crippen molar-refractivity contribution in [2.75, 3.05) is 26.2 Å². The largest absolute Gasteiger partial charge is 0.337 e. The summed E-state index contributed by atoms with van der Waals surface area (Å²) >= 11 is 5.85. The van der Waals surface area contributed by atoms with Gasteiger partial charge in [0.05, 0.1) is 0 Å². The van der Waals surface area contributed by atoms with Gasteiger partial charge in [-0.3, -0.25) is 4.79 Å². The molecule has 1 saturated heterocycles. The Morgan fingerprint density at radius 2 is 1.46 bits per heavy atom. The highest BCUT2D eigenvalue weighted by atomic mass is 35.5. The number of rotatable bonds is 5. The van der Waals surface area contributed by atoms with Crippen molar-refractivity contribution in [2.24, 2.45) is 0 Å². The number of halogens is 1. The van der Waals surface area contributed by atoms with Crippen LogP contribution in [-0.4, -0.2) is 49.7 Å². The molecule has 28 heavy (non-hydrogen) atoms. The molecule has 1 aliphatic rings. The van der Waals surface area contributed by atoms with E-state index in [0.717, 1.165) is 11.1 Å². The van der Waals surface area contributed by atoms with Crippen molar-refractivity contribution >= 4 is 39.7 Å². The Morgan fingerprint density at radius 1 is 0.857 bits per heavy atom. The van der Waals surface area contributed by atoms with Crippen molar-refractivity contribution in [1.82, 2.24) is 9.21 Å². The molecule has 0 aromatic heterocycles. The van der Waals surface area contributed by atoms with Crippen LogP contribution in [0.1, 0.15) is 11.1 Å². The lowest BCUT2D eigenvalue weighted by atomic mass is 10.2. The first kappa shape index (κ1) is 20.3. The molecule has 0 N–H and O–H groups in total. The summed E-state index contributed by atoms with van der Waals surface area (Å²) in [6, 6.07) is 16.5. The number of carbonyl (C=O) groups is 1. The molecule has 1 heterocycles. The molecule has 2 aromatic carbocycles. The molecule has 0 aliphatic carbocycles. The van der Waals surface area contributed by atoms with E-state index in [0.29, 0.717) is 18.1 Å². The summed E-state index contributed by atoms with van der Waals surface area (Å²) in [5, 5.41) is 1.86. The second kappa shape index (κ2) is 9.19. The van der Waals surface area contributed by atoms with Gasteiger partial charge >= 0.3 is 0 Å². The van der Waals surface area contributed by atoms with Gasteiger partial charge in [-0.05, 0) is 35.4 Å². The minimum absolute atomic E-state index is 0.133. The lowest BCUT2D eigenvalue weighted by Crippen LogP contribution is -2.49. The van der Waals surface area contributed by atoms with Crippen molar-refractivity contribution in [1.29, 1.82) is 0 Å². The number of carbonyl (C=O) groups excluding carboxylic acids is 1. The smallest absolute Gasteiger partial charge is 0.246 e. The summed E-state index contributed by atoms with van der Waals surface area (Å²) in [6.45, 7) is 1.29. The number of amides is 1. The van der Waals surface area contributed by atoms with Gasteiger partial charge in [0, 0.05) is 42.7 Å². The highest BCUT2D eigenvalue weighted by Gasteiger charge is 2.26. The van der Waals surface area contributed by atoms with Crippen LogP contribution in [0.4, 0.5) is 0 Å². The predicted octanol–water partition coefficient (Wildman–Crippen LogP) is 3.50. The molecule has 0 radical (unpaired) electrons. The number of piperazine rings is 1. The van der Waals surface area contributed by atoms with Gasteiger partial charge in [-0.15, -0.1) is 0 Å². The van der Waals surface area contributed by atoms with Crippen LogP contribution in [0.3, 0.4) is 0 Å². The molecule has 5 nitrogen and oxygen atoms in total. The van der Waals surface area contributed by atoms with Gasteiger partial charge in [0.15, 0.2) is 0 Å². The third-order valence-corrected chi connectivity index (χ3v) is 6.25. The van der Waals surface area contributed by atoms with Crippen LogP contribution in [0.5, 0.6) is 0 Å². The van der Waals surface area contributed by atoms with Gasteiger partial charge < -0.3 is 4.90 Å². The molecule has 0 saturated carbocycles. The molecule has 7 heteroatoms. The Labute approximate surface area is 170 Å². The minimum Gasteiger partial charge on any atom is -0.337 e. The first-order valence-corrected chi connectivity index (χ1v) is 10.8. The number of hydrogen-bond acceptors (Lipinski definition) is 3. The molecule has 0 unspecified atom stereocenters. The zero-order valence-corrected chi connectivity index (χ0v) is 16.8. The number of benzene rings is 2. The fraction of sp³-hybridized carbons (Fsp3) is 0.190. The molecule has 2 aromatic rings. The van der Waals surface area contributed by atoms with Crippen LogP contribution in [0.15, 0.2) is 66.1 Å². The summed E-state index contributed by atoms with van der Waals surface area (Å²) in [4.78, 5) is 14.0. The summed E-state index contributed by atoms with van der Waals surface area (Å²) < 4.78 is 26.4. The summed E-state index contributed by atoms with van der Waals surface area (Å²) in [6.07, 6.45) is 4.81. The Balaban J connectivity index is 1.55. The molecule has 1 fully saturated rings. The van der Waals surface area contributed by atoms with E-state index in [9.17, 15) is 13.2 Å². The lowest BCUT2D eigenvalue weighted by molar-refractivity contribution is -0.127. The first-order valence-electron chi connectivity index (χ1n) is 8.90. The van der Waals surface area contributed by atoms with Crippen molar-refractivity contribution in [3.8, 4) is 0 Å². The number of nitrogens with zero attached hydrogens (tertiary/aromatic N) is 2. The number of hydrogen-bond donors (Lipinski definition) is 0. The molecule has 0 atom stereocenters. The fourth-order valence-corrected chi connectivity index (χ4v) is 4.12. The Bertz CT molecular complexity index is 962. The SMILES string of the molecule is O=C(C=Cc1ccc(Cl)cc1)N1CCN(S(=O)(=O)C=Cc2ccccc2)CC1. The van der Waals surface area contributed by atoms with Gasteiger partial charge in [-0.1, -0.05) is 54.1 Å². The third-order valence-electron chi connectivity index (χ3n) is 4.43. The topological polar surface area (TPSA) is 57.7 Å². The summed E-state index contributed by atoms with van der Waals surface area (Å²) in [5.41, 5.74) is 1.71. The van der Waals surface area contributed by atoms with Gasteiger partial charge in [0.2, 0.25) is 15.9 Å². The predicted molar refractivity (Wildman–Crippen MR) is 113 cm³/mol. The van der Waals surface area contributed by atoms with E-state index in [1.165, 1.54) is 15.8 Å². The Kier molecular flexibility index (Phi) is 6.67. The van der Waals surface area contributed by atoms with Crippen LogP contribution >= 0.6 is 11.6 Å². The maximum Gasteiger partial charge on any atom is 0.246 e. The van der Waals surface area contributed by atoms with Crippen LogP contribution in [0.25, 0.3) is 12.2 Å². The van der Waals surface area contributed by atoms with Crippen LogP contribution in [0, 0.1) is 0 Å². The average molecular weight is 417 g/mol. The molecule has 3 rings (SSSR count). The van der Waals surface area contributed by atoms with Gasteiger partial charge in [0.25, 0.3) is 0 Å². The van der Waals surface area contributed by atoms with E-state index < -0.39 is 10.0 Å². The van der Waals surface area contributed by atoms with Crippen LogP contribution in [-0.2, 0) is 14.8 Å². The second-order valence-corrected chi connectivity index (χ2v) is 8.62. The molecule has 1 aliphatic heterocycles. The van der Waals surface area contributed by atoms with E-state index in [4.69, 9.17) is 11.6 Å². The maximum absolute atomic E-state index is 12.5. The number of sulfonamides is 1. The average Bonchev–Trinajstić information content (AvgIpc) is 2.72. The highest BCUT2D eigenvalue weighted by molar-refractivity contribution is 7.92. The zero-order chi connectivity index (χ0) is 20.0. The minimum atomic E-state index is -3.51. The van der Waals surface area contributed by atoms with E-state index in [2.05, 4.69) is 0 Å². The quantitative estimate of drug-likeness (QED) is 0.701. The highest BCUT2D eigenvalue weighted by Crippen LogP contribution is 2.13. The lowest BCUT2D eigenvalue weighted by Gasteiger charge is -2.32. The molecule has 1 amide bonds. The van der Waals surface area contributed by atoms with Crippen molar-refractivity contribution in [3.05, 3.63) is 82.2 Å². The van der Waals surface area contributed by atoms with Gasteiger partial charge in [0.1, 0.15) is 0 Å². The molecule has 146 valence electrons. The maximum atomic E-state index is 12.5. The zero-order valence-electron chi connectivity index (χ0n) is 15.2. The van der Waals surface area contributed by atoms with Crippen LogP contribution < -0.4 is 0 Å². The fourth-order valence-electron chi connectivity index (χ4n) is 2.82. The Hall–Kier alpha value is -2.41. The van der Waals surface area contributed by atoms with Gasteiger partial charge in [-0.25, -0.2) is 8.42 Å². The van der Waals surface area contributed by atoms with Crippen molar-refractivity contribution < 1.29 is 13.2 Å². The van der Waals surface area contributed by atoms with E-state index in [1.807, 2.05) is 42.5 Å². The van der Waals surface area contributed by atoms with Gasteiger partial charge in [-0.2, -0.15) is 4.31 Å². The molecular formula is C21H21ClN2O3S. The third kappa shape index (κ3) is 5.55. The van der Waals surface area contributed by atoms with E-state index in [-0.39, 0.29) is 19.0 Å². The monoisotopic (exact) mass is 416 g/mol. The summed E-state index contributed by atoms with van der Waals surface area (Å²) in [7, 11) is -3.51. The Morgan fingerprint density at radius 3 is 2.11 bits per heavy atom. The van der Waals surface area contributed by atoms with Crippen molar-refractivity contribution in [3.63, 3.8) is 0 Å². The van der Waals surface area contributed by atoms with E-state index in [1.54, 1.807) is 29.2 Å². The van der Waals surface area contributed by atoms with Crippen molar-refractivity contribution in [2.45, 2.75) is 0 Å². The molecular weight excluding hydrogens is 396 g/mol. The second-order valence-electron chi connectivity index (χ2n) is 6.37. The molecule has 0 spiro atoms. The summed E-state index contributed by atoms with van der Waals surface area (Å²) in [5.74, 6) is -0.133. The van der Waals surface area contributed by atoms with E-state index >= 15 is 0 Å². The van der Waals surface area contributed by atoms with Crippen LogP contribution in [0.2, 0.25) is 5.02 Å². The molecule has 0 bridgehead atoms. The standard InChI is InChI=1S/C21H21ClN2O3S/c22-20-9-6-19(7-10-20)8-11-21(25)23-13-15-24(16-14-23)28(26,27)17-12-18-4-2-1-3-5-18/h1-12,17H,13-16H2. The first-order chi connectivity index (χ1) is 13.4.